The number of carbonyl (C=O) groups is 1. The molecule has 15 heavy (non-hydrogen) atoms. The summed E-state index contributed by atoms with van der Waals surface area (Å²) in [5, 5.41) is 2.51. The number of amides is 1. The third-order valence-electron chi connectivity index (χ3n) is 1.77. The molecule has 0 heterocycles. The molecule has 0 radical (unpaired) electrons. The molecule has 0 aliphatic heterocycles. The lowest BCUT2D eigenvalue weighted by Gasteiger charge is -1.96. The summed E-state index contributed by atoms with van der Waals surface area (Å²) in [5.74, 6) is 4.85. The monoisotopic (exact) mass is 205 g/mol. The number of rotatable bonds is 1. The van der Waals surface area contributed by atoms with Crippen molar-refractivity contribution in [3.63, 3.8) is 0 Å². The van der Waals surface area contributed by atoms with E-state index in [-0.39, 0.29) is 18.3 Å². The fraction of sp³-hybridized carbons (Fsp3) is 0.250. The van der Waals surface area contributed by atoms with Crippen LogP contribution in [0.3, 0.4) is 0 Å². The van der Waals surface area contributed by atoms with Crippen molar-refractivity contribution in [3.05, 3.63) is 35.1 Å². The molecule has 0 bridgehead atoms. The number of nitrogens with one attached hydrogen (secondary N) is 1. The minimum Gasteiger partial charge on any atom is -0.345 e. The van der Waals surface area contributed by atoms with Crippen molar-refractivity contribution in [3.8, 4) is 11.8 Å². The first kappa shape index (κ1) is 11.3. The van der Waals surface area contributed by atoms with E-state index >= 15 is 0 Å². The van der Waals surface area contributed by atoms with Crippen LogP contribution in [0.2, 0.25) is 0 Å². The number of halogens is 1. The van der Waals surface area contributed by atoms with Crippen LogP contribution in [0.5, 0.6) is 0 Å². The number of hydrogen-bond acceptors (Lipinski definition) is 1. The summed E-state index contributed by atoms with van der Waals surface area (Å²) in [4.78, 5) is 10.5. The maximum Gasteiger partial charge on any atom is 0.217 e. The molecule has 1 aromatic carbocycles. The van der Waals surface area contributed by atoms with Crippen molar-refractivity contribution in [1.82, 2.24) is 5.32 Å². The molecule has 2 nitrogen and oxygen atoms in total. The highest BCUT2D eigenvalue weighted by atomic mass is 19.1. The molecule has 0 aromatic heterocycles. The summed E-state index contributed by atoms with van der Waals surface area (Å²) in [6.45, 7) is 3.47. The van der Waals surface area contributed by atoms with Gasteiger partial charge in [0.05, 0.1) is 12.1 Å². The average Bonchev–Trinajstić information content (AvgIpc) is 2.14. The number of carbonyl (C=O) groups excluding carboxylic acids is 1. The lowest BCUT2D eigenvalue weighted by molar-refractivity contribution is -0.118. The molecule has 1 amide bonds. The van der Waals surface area contributed by atoms with E-state index in [4.69, 9.17) is 0 Å². The highest BCUT2D eigenvalue weighted by Crippen LogP contribution is 2.07. The van der Waals surface area contributed by atoms with E-state index in [0.29, 0.717) is 5.56 Å². The van der Waals surface area contributed by atoms with Crippen LogP contribution in [0.1, 0.15) is 18.1 Å². The van der Waals surface area contributed by atoms with Crippen molar-refractivity contribution in [2.24, 2.45) is 0 Å². The molecule has 0 aliphatic carbocycles. The lowest BCUT2D eigenvalue weighted by atomic mass is 10.1. The highest BCUT2D eigenvalue weighted by molar-refractivity contribution is 5.73. The minimum absolute atomic E-state index is 0.145. The third kappa shape index (κ3) is 3.82. The van der Waals surface area contributed by atoms with Crippen LogP contribution < -0.4 is 5.32 Å². The molecule has 1 rings (SSSR count). The maximum atomic E-state index is 13.2. The van der Waals surface area contributed by atoms with Gasteiger partial charge in [0, 0.05) is 6.92 Å². The summed E-state index contributed by atoms with van der Waals surface area (Å²) in [5.41, 5.74) is 1.21. The zero-order valence-corrected chi connectivity index (χ0v) is 8.73. The highest BCUT2D eigenvalue weighted by Gasteiger charge is 1.97. The Labute approximate surface area is 88.5 Å². The van der Waals surface area contributed by atoms with Crippen LogP contribution in [0.4, 0.5) is 4.39 Å². The number of hydrogen-bond donors (Lipinski definition) is 1. The average molecular weight is 205 g/mol. The second-order valence-corrected chi connectivity index (χ2v) is 3.19. The fourth-order valence-corrected chi connectivity index (χ4v) is 1.03. The van der Waals surface area contributed by atoms with E-state index in [9.17, 15) is 9.18 Å². The Morgan fingerprint density at radius 3 is 2.87 bits per heavy atom. The maximum absolute atomic E-state index is 13.2. The van der Waals surface area contributed by atoms with Gasteiger partial charge < -0.3 is 5.32 Å². The van der Waals surface area contributed by atoms with Gasteiger partial charge in [0.2, 0.25) is 5.91 Å². The molecular weight excluding hydrogens is 193 g/mol. The van der Waals surface area contributed by atoms with Crippen LogP contribution in [0, 0.1) is 24.6 Å². The van der Waals surface area contributed by atoms with Crippen molar-refractivity contribution in [2.45, 2.75) is 13.8 Å². The van der Waals surface area contributed by atoms with Crippen molar-refractivity contribution in [1.29, 1.82) is 0 Å². The zero-order chi connectivity index (χ0) is 11.3. The normalized spacial score (nSPS) is 9.00. The van der Waals surface area contributed by atoms with Gasteiger partial charge in [-0.1, -0.05) is 17.9 Å². The van der Waals surface area contributed by atoms with Gasteiger partial charge in [0.1, 0.15) is 5.82 Å². The van der Waals surface area contributed by atoms with E-state index < -0.39 is 0 Å². The molecule has 1 aromatic rings. The van der Waals surface area contributed by atoms with Gasteiger partial charge in [-0.15, -0.1) is 0 Å². The predicted octanol–water partition coefficient (Wildman–Crippen LogP) is 1.62. The summed E-state index contributed by atoms with van der Waals surface area (Å²) < 4.78 is 13.2. The third-order valence-corrected chi connectivity index (χ3v) is 1.77. The van der Waals surface area contributed by atoms with Gasteiger partial charge in [-0.2, -0.15) is 0 Å². The summed E-state index contributed by atoms with van der Waals surface area (Å²) in [6.07, 6.45) is 0. The Morgan fingerprint density at radius 2 is 2.27 bits per heavy atom. The summed E-state index contributed by atoms with van der Waals surface area (Å²) >= 11 is 0. The second kappa shape index (κ2) is 5.16. The first-order valence-electron chi connectivity index (χ1n) is 4.59. The molecule has 1 N–H and O–H groups in total. The Morgan fingerprint density at radius 1 is 1.53 bits per heavy atom. The molecule has 0 unspecified atom stereocenters. The molecule has 0 saturated carbocycles. The fourth-order valence-electron chi connectivity index (χ4n) is 1.03. The lowest BCUT2D eigenvalue weighted by Crippen LogP contribution is -2.19. The van der Waals surface area contributed by atoms with Crippen molar-refractivity contribution >= 4 is 5.91 Å². The van der Waals surface area contributed by atoms with Crippen LogP contribution >= 0.6 is 0 Å². The van der Waals surface area contributed by atoms with Crippen LogP contribution in [0.15, 0.2) is 18.2 Å². The van der Waals surface area contributed by atoms with Gasteiger partial charge in [0.25, 0.3) is 0 Å². The molecule has 0 saturated heterocycles. The first-order valence-corrected chi connectivity index (χ1v) is 4.59. The Bertz CT molecular complexity index is 429. The van der Waals surface area contributed by atoms with Crippen LogP contribution in [-0.2, 0) is 4.79 Å². The first-order chi connectivity index (χ1) is 7.09. The van der Waals surface area contributed by atoms with Crippen molar-refractivity contribution < 1.29 is 9.18 Å². The molecule has 0 atom stereocenters. The minimum atomic E-state index is -0.328. The SMILES string of the molecule is CC(=O)NCC#Cc1ccc(C)cc1F. The van der Waals surface area contributed by atoms with Gasteiger partial charge >= 0.3 is 0 Å². The molecular formula is C12H12FNO. The zero-order valence-electron chi connectivity index (χ0n) is 8.73. The Hall–Kier alpha value is -1.82. The van der Waals surface area contributed by atoms with E-state index in [1.807, 2.05) is 6.92 Å². The smallest absolute Gasteiger partial charge is 0.217 e. The second-order valence-electron chi connectivity index (χ2n) is 3.19. The molecule has 78 valence electrons. The molecule has 0 aliphatic rings. The summed E-state index contributed by atoms with van der Waals surface area (Å²) in [7, 11) is 0. The van der Waals surface area contributed by atoms with Crippen molar-refractivity contribution in [2.75, 3.05) is 6.54 Å². The Balaban J connectivity index is 2.67. The quantitative estimate of drug-likeness (QED) is 0.693. The van der Waals surface area contributed by atoms with E-state index in [0.717, 1.165) is 5.56 Å². The molecule has 3 heteroatoms. The van der Waals surface area contributed by atoms with Crippen LogP contribution in [-0.4, -0.2) is 12.5 Å². The predicted molar refractivity (Wildman–Crippen MR) is 56.7 cm³/mol. The van der Waals surface area contributed by atoms with Gasteiger partial charge in [0.15, 0.2) is 0 Å². The largest absolute Gasteiger partial charge is 0.345 e. The topological polar surface area (TPSA) is 29.1 Å². The number of aryl methyl sites for hydroxylation is 1. The van der Waals surface area contributed by atoms with Gasteiger partial charge in [-0.3, -0.25) is 4.79 Å². The standard InChI is InChI=1S/C12H12FNO/c1-9-5-6-11(12(13)8-9)4-3-7-14-10(2)15/h5-6,8H,7H2,1-2H3,(H,14,15). The molecule has 0 fully saturated rings. The Kier molecular flexibility index (Phi) is 3.87. The van der Waals surface area contributed by atoms with Gasteiger partial charge in [-0.05, 0) is 24.6 Å². The van der Waals surface area contributed by atoms with E-state index in [1.165, 1.54) is 13.0 Å². The van der Waals surface area contributed by atoms with Crippen LogP contribution in [0.25, 0.3) is 0 Å². The molecule has 0 spiro atoms. The van der Waals surface area contributed by atoms with E-state index in [1.54, 1.807) is 12.1 Å². The summed E-state index contributed by atoms with van der Waals surface area (Å²) in [6, 6.07) is 4.86. The van der Waals surface area contributed by atoms with Gasteiger partial charge in [-0.25, -0.2) is 4.39 Å². The van der Waals surface area contributed by atoms with E-state index in [2.05, 4.69) is 17.2 Å². The number of benzene rings is 1.